The molecule has 5 nitrogen and oxygen atoms in total. The smallest absolute Gasteiger partial charge is 0.407 e. The molecule has 0 radical (unpaired) electrons. The van der Waals surface area contributed by atoms with Gasteiger partial charge in [0, 0.05) is 10.8 Å². The number of aliphatic carboxylic acids is 1. The maximum absolute atomic E-state index is 13.8. The third-order valence-electron chi connectivity index (χ3n) is 5.13. The van der Waals surface area contributed by atoms with Crippen LogP contribution in [0.3, 0.4) is 0 Å². The lowest BCUT2D eigenvalue weighted by molar-refractivity contribution is -0.163. The SMILES string of the molecule is CC(C)CC(NC(c1ccc2c(c1)oc1ccc(C(O)C(F)F)cc12)C(F)(F)F)C(=O)O. The topological polar surface area (TPSA) is 82.7 Å². The third-order valence-corrected chi connectivity index (χ3v) is 5.13. The largest absolute Gasteiger partial charge is 0.480 e. The molecule has 32 heavy (non-hydrogen) atoms. The van der Waals surface area contributed by atoms with Gasteiger partial charge in [0.25, 0.3) is 6.43 Å². The molecule has 1 heterocycles. The van der Waals surface area contributed by atoms with Crippen molar-refractivity contribution in [2.45, 2.75) is 51.1 Å². The van der Waals surface area contributed by atoms with E-state index in [0.717, 1.165) is 6.07 Å². The second-order valence-corrected chi connectivity index (χ2v) is 8.05. The van der Waals surface area contributed by atoms with Crippen LogP contribution in [0.15, 0.2) is 40.8 Å². The van der Waals surface area contributed by atoms with E-state index in [4.69, 9.17) is 4.42 Å². The van der Waals surface area contributed by atoms with E-state index in [0.29, 0.717) is 10.8 Å². The number of carbonyl (C=O) groups is 1. The summed E-state index contributed by atoms with van der Waals surface area (Å²) in [5, 5.41) is 21.9. The third kappa shape index (κ3) is 5.02. The van der Waals surface area contributed by atoms with Crippen molar-refractivity contribution in [3.63, 3.8) is 0 Å². The van der Waals surface area contributed by atoms with Crippen LogP contribution in [0.25, 0.3) is 21.9 Å². The summed E-state index contributed by atoms with van der Waals surface area (Å²) in [4.78, 5) is 11.5. The number of halogens is 5. The second-order valence-electron chi connectivity index (χ2n) is 8.05. The molecule has 3 aromatic rings. The lowest BCUT2D eigenvalue weighted by Gasteiger charge is -2.26. The van der Waals surface area contributed by atoms with Crippen LogP contribution in [-0.2, 0) is 4.79 Å². The van der Waals surface area contributed by atoms with Crippen LogP contribution in [0, 0.1) is 5.92 Å². The van der Waals surface area contributed by atoms with Crippen molar-refractivity contribution in [1.82, 2.24) is 5.32 Å². The second kappa shape index (κ2) is 9.03. The summed E-state index contributed by atoms with van der Waals surface area (Å²) in [6.45, 7) is 3.42. The molecule has 3 rings (SSSR count). The molecule has 0 fully saturated rings. The normalized spacial score (nSPS) is 15.6. The van der Waals surface area contributed by atoms with Gasteiger partial charge in [-0.25, -0.2) is 8.78 Å². The molecule has 0 bridgehead atoms. The van der Waals surface area contributed by atoms with Crippen LogP contribution in [-0.4, -0.2) is 34.8 Å². The Balaban J connectivity index is 2.03. The summed E-state index contributed by atoms with van der Waals surface area (Å²) >= 11 is 0. The minimum atomic E-state index is -4.78. The van der Waals surface area contributed by atoms with Crippen molar-refractivity contribution in [2.24, 2.45) is 5.92 Å². The van der Waals surface area contributed by atoms with E-state index in [1.54, 1.807) is 13.8 Å². The number of rotatable bonds is 8. The first-order valence-corrected chi connectivity index (χ1v) is 9.86. The zero-order chi connectivity index (χ0) is 23.8. The lowest BCUT2D eigenvalue weighted by atomic mass is 9.99. The quantitative estimate of drug-likeness (QED) is 0.383. The van der Waals surface area contributed by atoms with Crippen molar-refractivity contribution in [1.29, 1.82) is 0 Å². The molecule has 0 spiro atoms. The molecule has 0 saturated carbocycles. The van der Waals surface area contributed by atoms with E-state index in [9.17, 15) is 37.0 Å². The van der Waals surface area contributed by atoms with E-state index in [2.05, 4.69) is 5.32 Å². The molecular weight excluding hydrogens is 437 g/mol. The highest BCUT2D eigenvalue weighted by atomic mass is 19.4. The van der Waals surface area contributed by atoms with Crippen LogP contribution in [0.2, 0.25) is 0 Å². The first-order chi connectivity index (χ1) is 14.9. The molecule has 174 valence electrons. The Morgan fingerprint density at radius 2 is 1.69 bits per heavy atom. The zero-order valence-corrected chi connectivity index (χ0v) is 17.2. The monoisotopic (exact) mass is 459 g/mol. The van der Waals surface area contributed by atoms with Gasteiger partial charge in [0.2, 0.25) is 0 Å². The molecule has 3 N–H and O–H groups in total. The van der Waals surface area contributed by atoms with Crippen molar-refractivity contribution in [3.05, 3.63) is 47.5 Å². The molecule has 0 amide bonds. The van der Waals surface area contributed by atoms with Gasteiger partial charge < -0.3 is 14.6 Å². The highest BCUT2D eigenvalue weighted by Crippen LogP contribution is 2.38. The number of carboxylic acid groups (broad SMARTS) is 1. The fourth-order valence-corrected chi connectivity index (χ4v) is 3.61. The molecule has 0 aliphatic heterocycles. The van der Waals surface area contributed by atoms with Crippen molar-refractivity contribution >= 4 is 27.9 Å². The van der Waals surface area contributed by atoms with Gasteiger partial charge >= 0.3 is 12.1 Å². The molecule has 2 aromatic carbocycles. The predicted octanol–water partition coefficient (Wildman–Crippen LogP) is 5.58. The number of carboxylic acids is 1. The van der Waals surface area contributed by atoms with Crippen LogP contribution in [0.4, 0.5) is 22.0 Å². The van der Waals surface area contributed by atoms with Gasteiger partial charge in [-0.2, -0.15) is 13.2 Å². The number of hydrogen-bond donors (Lipinski definition) is 3. The minimum Gasteiger partial charge on any atom is -0.480 e. The van der Waals surface area contributed by atoms with E-state index < -0.39 is 36.8 Å². The maximum Gasteiger partial charge on any atom is 0.407 e. The Morgan fingerprint density at radius 3 is 2.25 bits per heavy atom. The summed E-state index contributed by atoms with van der Waals surface area (Å²) in [5.74, 6) is -1.53. The number of benzene rings is 2. The number of aliphatic hydroxyl groups is 1. The van der Waals surface area contributed by atoms with Crippen LogP contribution in [0.1, 0.15) is 43.5 Å². The highest BCUT2D eigenvalue weighted by molar-refractivity contribution is 6.05. The molecule has 10 heteroatoms. The number of fused-ring (bicyclic) bond motifs is 3. The summed E-state index contributed by atoms with van der Waals surface area (Å²) in [6, 6.07) is 3.95. The molecule has 1 aromatic heterocycles. The molecule has 0 aliphatic carbocycles. The van der Waals surface area contributed by atoms with Gasteiger partial charge in [0.15, 0.2) is 0 Å². The average molecular weight is 459 g/mol. The Kier molecular flexibility index (Phi) is 6.75. The summed E-state index contributed by atoms with van der Waals surface area (Å²) in [6.07, 6.45) is -9.77. The zero-order valence-electron chi connectivity index (χ0n) is 17.2. The van der Waals surface area contributed by atoms with E-state index in [-0.39, 0.29) is 34.6 Å². The number of furan rings is 1. The molecule has 0 aliphatic rings. The van der Waals surface area contributed by atoms with Gasteiger partial charge in [-0.05, 0) is 41.7 Å². The van der Waals surface area contributed by atoms with Crippen LogP contribution < -0.4 is 5.32 Å². The van der Waals surface area contributed by atoms with Crippen LogP contribution in [0.5, 0.6) is 0 Å². The average Bonchev–Trinajstić information content (AvgIpc) is 3.05. The maximum atomic E-state index is 13.8. The van der Waals surface area contributed by atoms with E-state index in [1.165, 1.54) is 30.3 Å². The van der Waals surface area contributed by atoms with E-state index in [1.807, 2.05) is 0 Å². The van der Waals surface area contributed by atoms with Gasteiger partial charge in [0.05, 0.1) is 0 Å². The Bertz CT molecular complexity index is 1110. The number of nitrogens with one attached hydrogen (secondary N) is 1. The van der Waals surface area contributed by atoms with Crippen molar-refractivity contribution in [3.8, 4) is 0 Å². The Hall–Kier alpha value is -2.72. The lowest BCUT2D eigenvalue weighted by Crippen LogP contribution is -2.45. The van der Waals surface area contributed by atoms with Gasteiger partial charge in [-0.15, -0.1) is 0 Å². The number of aliphatic hydroxyl groups excluding tert-OH is 1. The summed E-state index contributed by atoms with van der Waals surface area (Å²) in [5.41, 5.74) is 0.0362. The molecule has 3 atom stereocenters. The molecular formula is C22H22F5NO4. The fraction of sp³-hybridized carbons (Fsp3) is 0.409. The van der Waals surface area contributed by atoms with E-state index >= 15 is 0 Å². The predicted molar refractivity (Wildman–Crippen MR) is 107 cm³/mol. The first-order valence-electron chi connectivity index (χ1n) is 9.86. The van der Waals surface area contributed by atoms with Gasteiger partial charge in [0.1, 0.15) is 29.4 Å². The number of hydrogen-bond acceptors (Lipinski definition) is 4. The van der Waals surface area contributed by atoms with Crippen molar-refractivity contribution < 1.29 is 41.4 Å². The van der Waals surface area contributed by atoms with Gasteiger partial charge in [-0.3, -0.25) is 10.1 Å². The summed E-state index contributed by atoms with van der Waals surface area (Å²) < 4.78 is 72.6. The van der Waals surface area contributed by atoms with Crippen LogP contribution >= 0.6 is 0 Å². The highest BCUT2D eigenvalue weighted by Gasteiger charge is 2.43. The fourth-order valence-electron chi connectivity index (χ4n) is 3.61. The summed E-state index contributed by atoms with van der Waals surface area (Å²) in [7, 11) is 0. The molecule has 3 unspecified atom stereocenters. The number of alkyl halides is 5. The minimum absolute atomic E-state index is 0.00400. The standard InChI is InChI=1S/C22H22F5NO4/c1-10(2)7-15(21(30)31)28-19(22(25,26)27)12-3-5-13-14-8-11(18(29)20(23)24)4-6-16(14)32-17(13)9-12/h3-6,8-10,15,18-20,28-29H,7H2,1-2H3,(H,30,31). The van der Waals surface area contributed by atoms with Gasteiger partial charge in [-0.1, -0.05) is 32.0 Å². The Labute approximate surface area is 179 Å². The molecule has 0 saturated heterocycles. The van der Waals surface area contributed by atoms with Crippen molar-refractivity contribution in [2.75, 3.05) is 0 Å². The first kappa shape index (κ1) is 23.9. The Morgan fingerprint density at radius 1 is 1.03 bits per heavy atom.